The van der Waals surface area contributed by atoms with Crippen LogP contribution in [0.2, 0.25) is 0 Å². The van der Waals surface area contributed by atoms with Gasteiger partial charge in [0.2, 0.25) is 5.91 Å². The van der Waals surface area contributed by atoms with Crippen molar-refractivity contribution in [2.24, 2.45) is 5.92 Å². The molecule has 0 aromatic heterocycles. The van der Waals surface area contributed by atoms with Gasteiger partial charge in [0.1, 0.15) is 11.8 Å². The van der Waals surface area contributed by atoms with Crippen molar-refractivity contribution in [3.05, 3.63) is 59.2 Å². The summed E-state index contributed by atoms with van der Waals surface area (Å²) in [6.07, 6.45) is 0.642. The summed E-state index contributed by atoms with van der Waals surface area (Å²) in [5, 5.41) is 2.87. The molecule has 1 aliphatic rings. The normalized spacial score (nSPS) is 13.6. The van der Waals surface area contributed by atoms with Gasteiger partial charge in [-0.15, -0.1) is 0 Å². The van der Waals surface area contributed by atoms with Crippen molar-refractivity contribution >= 4 is 23.5 Å². The van der Waals surface area contributed by atoms with Gasteiger partial charge in [0.15, 0.2) is 0 Å². The van der Waals surface area contributed by atoms with Gasteiger partial charge in [-0.3, -0.25) is 9.59 Å². The maximum Gasteiger partial charge on any atom is 0.337 e. The molecule has 0 aliphatic carbocycles. The van der Waals surface area contributed by atoms with Gasteiger partial charge in [-0.05, 0) is 60.4 Å². The van der Waals surface area contributed by atoms with E-state index >= 15 is 0 Å². The van der Waals surface area contributed by atoms with E-state index in [2.05, 4.69) is 5.32 Å². The third-order valence-corrected chi connectivity index (χ3v) is 5.23. The highest BCUT2D eigenvalue weighted by molar-refractivity contribution is 6.04. The van der Waals surface area contributed by atoms with Crippen molar-refractivity contribution in [3.8, 4) is 5.75 Å². The van der Waals surface area contributed by atoms with E-state index in [1.165, 1.54) is 7.11 Å². The minimum atomic E-state index is -0.675. The summed E-state index contributed by atoms with van der Waals surface area (Å²) < 4.78 is 9.88. The van der Waals surface area contributed by atoms with Crippen molar-refractivity contribution in [1.82, 2.24) is 5.32 Å². The van der Waals surface area contributed by atoms with Crippen molar-refractivity contribution in [2.45, 2.75) is 26.3 Å². The fraction of sp³-hybridized carbons (Fsp3) is 0.348. The Morgan fingerprint density at radius 3 is 2.27 bits per heavy atom. The number of esters is 1. The first-order valence-electron chi connectivity index (χ1n) is 9.83. The van der Waals surface area contributed by atoms with Gasteiger partial charge in [0.05, 0.1) is 19.8 Å². The molecule has 0 radical (unpaired) electrons. The Hall–Kier alpha value is -3.35. The Kier molecular flexibility index (Phi) is 6.40. The molecule has 1 heterocycles. The largest absolute Gasteiger partial charge is 0.497 e. The Labute approximate surface area is 176 Å². The van der Waals surface area contributed by atoms with Crippen molar-refractivity contribution in [1.29, 1.82) is 0 Å². The minimum absolute atomic E-state index is 0.0990. The van der Waals surface area contributed by atoms with E-state index in [0.29, 0.717) is 29.8 Å². The number of nitrogens with one attached hydrogen (secondary N) is 1. The molecule has 0 spiro atoms. The molecular weight excluding hydrogens is 384 g/mol. The molecule has 7 heteroatoms. The smallest absolute Gasteiger partial charge is 0.337 e. The van der Waals surface area contributed by atoms with E-state index in [1.54, 1.807) is 54.5 Å². The van der Waals surface area contributed by atoms with Crippen LogP contribution in [0.5, 0.6) is 5.75 Å². The van der Waals surface area contributed by atoms with Gasteiger partial charge < -0.3 is 19.7 Å². The van der Waals surface area contributed by atoms with Gasteiger partial charge in [-0.2, -0.15) is 0 Å². The number of hydrogen-bond acceptors (Lipinski definition) is 5. The number of methoxy groups -OCH3 is 2. The molecule has 0 saturated carbocycles. The highest BCUT2D eigenvalue weighted by Gasteiger charge is 2.33. The van der Waals surface area contributed by atoms with Crippen LogP contribution in [-0.2, 0) is 16.0 Å². The molecule has 1 atom stereocenters. The summed E-state index contributed by atoms with van der Waals surface area (Å²) in [4.78, 5) is 39.4. The molecule has 1 aliphatic heterocycles. The lowest BCUT2D eigenvalue weighted by Crippen LogP contribution is -2.51. The summed E-state index contributed by atoms with van der Waals surface area (Å²) >= 11 is 0. The highest BCUT2D eigenvalue weighted by atomic mass is 16.5. The van der Waals surface area contributed by atoms with Gasteiger partial charge in [0.25, 0.3) is 5.91 Å². The fourth-order valence-electron chi connectivity index (χ4n) is 3.52. The van der Waals surface area contributed by atoms with Gasteiger partial charge in [-0.1, -0.05) is 13.8 Å². The number of fused-ring (bicyclic) bond motifs is 1. The van der Waals surface area contributed by atoms with Crippen LogP contribution < -0.4 is 15.0 Å². The molecule has 1 unspecified atom stereocenters. The maximum absolute atomic E-state index is 13.3. The van der Waals surface area contributed by atoms with E-state index < -0.39 is 12.0 Å². The zero-order valence-electron chi connectivity index (χ0n) is 17.6. The van der Waals surface area contributed by atoms with E-state index in [-0.39, 0.29) is 17.7 Å². The van der Waals surface area contributed by atoms with Crippen LogP contribution in [0.15, 0.2) is 42.5 Å². The quantitative estimate of drug-likeness (QED) is 0.741. The first kappa shape index (κ1) is 21.4. The zero-order valence-corrected chi connectivity index (χ0v) is 17.6. The molecule has 30 heavy (non-hydrogen) atoms. The number of carbonyl (C=O) groups excluding carboxylic acids is 3. The van der Waals surface area contributed by atoms with Crippen LogP contribution in [0.3, 0.4) is 0 Å². The summed E-state index contributed by atoms with van der Waals surface area (Å²) in [7, 11) is 2.90. The lowest BCUT2D eigenvalue weighted by Gasteiger charge is -2.27. The number of carbonyl (C=O) groups is 3. The molecule has 0 bridgehead atoms. The van der Waals surface area contributed by atoms with Gasteiger partial charge in [0, 0.05) is 17.8 Å². The molecule has 158 valence electrons. The average Bonchev–Trinajstić information content (AvgIpc) is 3.19. The lowest BCUT2D eigenvalue weighted by atomic mass is 10.0. The summed E-state index contributed by atoms with van der Waals surface area (Å²) in [5.41, 5.74) is 2.59. The molecule has 3 rings (SSSR count). The van der Waals surface area contributed by atoms with Crippen LogP contribution in [0.25, 0.3) is 0 Å². The second kappa shape index (κ2) is 8.98. The fourth-order valence-corrected chi connectivity index (χ4v) is 3.52. The molecular formula is C23H26N2O5. The molecule has 0 saturated heterocycles. The van der Waals surface area contributed by atoms with Gasteiger partial charge in [-0.25, -0.2) is 4.79 Å². The minimum Gasteiger partial charge on any atom is -0.497 e. The van der Waals surface area contributed by atoms with Crippen LogP contribution >= 0.6 is 0 Å². The first-order chi connectivity index (χ1) is 14.3. The topological polar surface area (TPSA) is 84.9 Å². The van der Waals surface area contributed by atoms with E-state index in [9.17, 15) is 14.4 Å². The number of rotatable bonds is 6. The maximum atomic E-state index is 13.3. The van der Waals surface area contributed by atoms with Crippen LogP contribution in [0.4, 0.5) is 5.69 Å². The number of ether oxygens (including phenoxy) is 2. The molecule has 0 fully saturated rings. The molecule has 1 N–H and O–H groups in total. The van der Waals surface area contributed by atoms with E-state index in [4.69, 9.17) is 9.47 Å². The number of anilines is 1. The third-order valence-electron chi connectivity index (χ3n) is 5.23. The standard InChI is InChI=1S/C23H26N2O5/c1-14(2)20(24-21(26)15-5-8-18(29-3)9-6-15)22(27)25-12-11-16-13-17(23(28)30-4)7-10-19(16)25/h5-10,13-14,20H,11-12H2,1-4H3,(H,24,26). The molecule has 7 nitrogen and oxygen atoms in total. The molecule has 2 amide bonds. The zero-order chi connectivity index (χ0) is 21.8. The van der Waals surface area contributed by atoms with Crippen molar-refractivity contribution < 1.29 is 23.9 Å². The SMILES string of the molecule is COC(=O)c1ccc2c(c1)CCN2C(=O)C(NC(=O)c1ccc(OC)cc1)C(C)C. The number of nitrogens with zero attached hydrogens (tertiary/aromatic N) is 1. The Balaban J connectivity index is 1.78. The van der Waals surface area contributed by atoms with Crippen molar-refractivity contribution in [3.63, 3.8) is 0 Å². The van der Waals surface area contributed by atoms with Crippen molar-refractivity contribution in [2.75, 3.05) is 25.7 Å². The number of benzene rings is 2. The van der Waals surface area contributed by atoms with Crippen LogP contribution in [-0.4, -0.2) is 44.6 Å². The Morgan fingerprint density at radius 2 is 1.67 bits per heavy atom. The number of amides is 2. The molecule has 2 aromatic carbocycles. The predicted octanol–water partition coefficient (Wildman–Crippen LogP) is 2.83. The average molecular weight is 410 g/mol. The summed E-state index contributed by atoms with van der Waals surface area (Å²) in [6.45, 7) is 4.29. The van der Waals surface area contributed by atoms with E-state index in [1.807, 2.05) is 13.8 Å². The third kappa shape index (κ3) is 4.30. The van der Waals surface area contributed by atoms with Gasteiger partial charge >= 0.3 is 5.97 Å². The summed E-state index contributed by atoms with van der Waals surface area (Å²) in [5.74, 6) is -0.336. The van der Waals surface area contributed by atoms with Crippen LogP contribution in [0, 0.1) is 5.92 Å². The lowest BCUT2D eigenvalue weighted by molar-refractivity contribution is -0.121. The first-order valence-corrected chi connectivity index (χ1v) is 9.83. The van der Waals surface area contributed by atoms with E-state index in [0.717, 1.165) is 11.3 Å². The second-order valence-corrected chi connectivity index (χ2v) is 7.50. The summed E-state index contributed by atoms with van der Waals surface area (Å²) in [6, 6.07) is 11.2. The molecule has 2 aromatic rings. The highest BCUT2D eigenvalue weighted by Crippen LogP contribution is 2.30. The second-order valence-electron chi connectivity index (χ2n) is 7.50. The monoisotopic (exact) mass is 410 g/mol. The number of hydrogen-bond donors (Lipinski definition) is 1. The predicted molar refractivity (Wildman–Crippen MR) is 113 cm³/mol. The Morgan fingerprint density at radius 1 is 1.00 bits per heavy atom. The Bertz CT molecular complexity index is 953. The van der Waals surface area contributed by atoms with Crippen LogP contribution in [0.1, 0.15) is 40.1 Å².